The lowest BCUT2D eigenvalue weighted by atomic mass is 9.87. The van der Waals surface area contributed by atoms with Crippen molar-refractivity contribution in [2.24, 2.45) is 10.8 Å². The molecule has 4 aromatic heterocycles. The number of pyridine rings is 2. The van der Waals surface area contributed by atoms with Crippen molar-refractivity contribution in [3.8, 4) is 11.3 Å². The van der Waals surface area contributed by atoms with Crippen molar-refractivity contribution >= 4 is 50.2 Å². The molecule has 2 amide bonds. The highest BCUT2D eigenvalue weighted by Gasteiger charge is 2.67. The minimum absolute atomic E-state index is 0.0131. The maximum Gasteiger partial charge on any atom is 0.245 e. The van der Waals surface area contributed by atoms with Gasteiger partial charge in [-0.1, -0.05) is 32.1 Å². The number of ether oxygens (including phenoxy) is 1. The summed E-state index contributed by atoms with van der Waals surface area (Å²) >= 11 is 3.44. The number of amides is 2. The summed E-state index contributed by atoms with van der Waals surface area (Å²) in [6.07, 6.45) is 10.4. The second-order valence-electron chi connectivity index (χ2n) is 14.4. The van der Waals surface area contributed by atoms with Crippen molar-refractivity contribution in [1.29, 1.82) is 0 Å². The molecule has 3 atom stereocenters. The molecule has 1 N–H and O–H groups in total. The first-order chi connectivity index (χ1) is 24.3. The Kier molecular flexibility index (Phi) is 9.17. The molecule has 7 rings (SSSR count). The van der Waals surface area contributed by atoms with Crippen molar-refractivity contribution in [2.75, 3.05) is 13.2 Å². The number of Topliss-reactive ketones (excluding diaryl/α,β-unsaturated/α-hetero) is 2. The Hall–Kier alpha value is -4.69. The van der Waals surface area contributed by atoms with E-state index in [1.165, 1.54) is 11.6 Å². The summed E-state index contributed by atoms with van der Waals surface area (Å²) in [5.74, 6) is -0.159. The van der Waals surface area contributed by atoms with E-state index >= 15 is 0 Å². The molecule has 1 saturated carbocycles. The van der Waals surface area contributed by atoms with Crippen LogP contribution in [-0.2, 0) is 38.7 Å². The van der Waals surface area contributed by atoms with Gasteiger partial charge in [0.15, 0.2) is 11.6 Å². The van der Waals surface area contributed by atoms with Crippen LogP contribution < -0.4 is 5.32 Å². The Morgan fingerprint density at radius 1 is 1.08 bits per heavy atom. The molecule has 14 heteroatoms. The molecule has 3 aliphatic rings. The number of halogens is 1. The Morgan fingerprint density at radius 2 is 1.86 bits per heavy atom. The second-order valence-corrected chi connectivity index (χ2v) is 15.2. The first kappa shape index (κ1) is 34.7. The predicted octanol–water partition coefficient (Wildman–Crippen LogP) is 4.35. The van der Waals surface area contributed by atoms with E-state index < -0.39 is 16.9 Å². The number of nitrogens with one attached hydrogen (secondary N) is 1. The van der Waals surface area contributed by atoms with Crippen molar-refractivity contribution in [2.45, 2.75) is 78.6 Å². The third-order valence-electron chi connectivity index (χ3n) is 10.3. The summed E-state index contributed by atoms with van der Waals surface area (Å²) in [4.78, 5) is 74.1. The van der Waals surface area contributed by atoms with E-state index in [0.717, 1.165) is 5.56 Å². The van der Waals surface area contributed by atoms with Crippen LogP contribution in [0.4, 0.5) is 0 Å². The minimum Gasteiger partial charge on any atom is -0.373 e. The largest absolute Gasteiger partial charge is 0.373 e. The number of hydrogen-bond acceptors (Lipinski definition) is 10. The van der Waals surface area contributed by atoms with Gasteiger partial charge in [-0.2, -0.15) is 5.10 Å². The van der Waals surface area contributed by atoms with E-state index in [0.29, 0.717) is 70.7 Å². The fourth-order valence-electron chi connectivity index (χ4n) is 7.21. The van der Waals surface area contributed by atoms with Crippen LogP contribution in [0.2, 0.25) is 0 Å². The summed E-state index contributed by atoms with van der Waals surface area (Å²) in [7, 11) is 0. The molecule has 1 saturated heterocycles. The Balaban J connectivity index is 1.21. The van der Waals surface area contributed by atoms with E-state index in [1.807, 2.05) is 38.1 Å². The van der Waals surface area contributed by atoms with Gasteiger partial charge in [-0.05, 0) is 59.8 Å². The molecule has 2 aliphatic heterocycles. The summed E-state index contributed by atoms with van der Waals surface area (Å²) in [6, 6.07) is 4.50. The highest BCUT2D eigenvalue weighted by Crippen LogP contribution is 2.59. The van der Waals surface area contributed by atoms with Gasteiger partial charge in [0.1, 0.15) is 22.7 Å². The molecule has 1 aliphatic carbocycles. The SMILES string of the molecule is CC(=O)c1nn(CC(=O)N2[C@H]3C[C@@]4(CNC(=O)C(C)(C)CC=CCOCc5ccc(Br)nc5CC3=O)C[C@@H]24)c2cnc(-c3cnc(C)nc3)cc12. The molecule has 0 unspecified atom stereocenters. The van der Waals surface area contributed by atoms with Crippen LogP contribution >= 0.6 is 15.9 Å². The molecule has 264 valence electrons. The third-order valence-corrected chi connectivity index (χ3v) is 10.7. The smallest absolute Gasteiger partial charge is 0.245 e. The highest BCUT2D eigenvalue weighted by molar-refractivity contribution is 9.10. The molecule has 13 nitrogen and oxygen atoms in total. The summed E-state index contributed by atoms with van der Waals surface area (Å²) in [5.41, 5.74) is 2.28. The van der Waals surface area contributed by atoms with Gasteiger partial charge in [-0.25, -0.2) is 15.0 Å². The molecule has 0 aromatic carbocycles. The van der Waals surface area contributed by atoms with Crippen LogP contribution in [0.1, 0.15) is 67.6 Å². The molecule has 2 fully saturated rings. The molecule has 0 radical (unpaired) electrons. The van der Waals surface area contributed by atoms with Crippen LogP contribution in [0.25, 0.3) is 22.2 Å². The summed E-state index contributed by atoms with van der Waals surface area (Å²) in [6.45, 7) is 7.79. The average Bonchev–Trinajstić information content (AvgIpc) is 3.51. The number of fused-ring (bicyclic) bond motifs is 3. The molecule has 2 bridgehead atoms. The second kappa shape index (κ2) is 13.5. The number of carbonyl (C=O) groups is 4. The van der Waals surface area contributed by atoms with Crippen LogP contribution in [0.5, 0.6) is 0 Å². The van der Waals surface area contributed by atoms with E-state index in [2.05, 4.69) is 46.3 Å². The molecule has 4 aromatic rings. The fourth-order valence-corrected chi connectivity index (χ4v) is 7.55. The number of aromatic nitrogens is 6. The van der Waals surface area contributed by atoms with Crippen molar-refractivity contribution < 1.29 is 23.9 Å². The Bertz CT molecular complexity index is 2090. The van der Waals surface area contributed by atoms with Gasteiger partial charge in [0.25, 0.3) is 0 Å². The summed E-state index contributed by atoms with van der Waals surface area (Å²) in [5, 5.41) is 8.26. The predicted molar refractivity (Wildman–Crippen MR) is 190 cm³/mol. The van der Waals surface area contributed by atoms with Crippen molar-refractivity contribution in [3.63, 3.8) is 0 Å². The van der Waals surface area contributed by atoms with Gasteiger partial charge < -0.3 is 15.0 Å². The Labute approximate surface area is 303 Å². The zero-order valence-corrected chi connectivity index (χ0v) is 30.6. The highest BCUT2D eigenvalue weighted by atomic mass is 79.9. The van der Waals surface area contributed by atoms with E-state index in [4.69, 9.17) is 4.74 Å². The number of aryl methyl sites for hydroxylation is 1. The number of ketones is 2. The van der Waals surface area contributed by atoms with Crippen LogP contribution in [-0.4, -0.2) is 83.2 Å². The van der Waals surface area contributed by atoms with E-state index in [-0.39, 0.29) is 54.7 Å². The van der Waals surface area contributed by atoms with Gasteiger partial charge in [-0.15, -0.1) is 0 Å². The monoisotopic (exact) mass is 754 g/mol. The number of rotatable bonds is 4. The molecular weight excluding hydrogens is 716 g/mol. The normalized spacial score (nSPS) is 23.4. The molecule has 1 spiro atoms. The zero-order chi connectivity index (χ0) is 36.1. The molecular formula is C37H39BrN8O5. The van der Waals surface area contributed by atoms with E-state index in [1.54, 1.807) is 36.5 Å². The lowest BCUT2D eigenvalue weighted by molar-refractivity contribution is -0.139. The van der Waals surface area contributed by atoms with E-state index in [9.17, 15) is 19.2 Å². The van der Waals surface area contributed by atoms with Crippen LogP contribution in [0, 0.1) is 17.8 Å². The quantitative estimate of drug-likeness (QED) is 0.180. The van der Waals surface area contributed by atoms with Crippen LogP contribution in [0.15, 0.2) is 53.5 Å². The first-order valence-electron chi connectivity index (χ1n) is 17.0. The Morgan fingerprint density at radius 3 is 2.63 bits per heavy atom. The zero-order valence-electron chi connectivity index (χ0n) is 29.0. The van der Waals surface area contributed by atoms with Crippen molar-refractivity contribution in [1.82, 2.24) is 39.9 Å². The molecule has 51 heavy (non-hydrogen) atoms. The third kappa shape index (κ3) is 6.86. The first-order valence-corrected chi connectivity index (χ1v) is 17.8. The maximum atomic E-state index is 14.4. The lowest BCUT2D eigenvalue weighted by Crippen LogP contribution is -2.45. The molecule has 6 heterocycles. The number of piperidine rings is 1. The maximum absolute atomic E-state index is 14.4. The average molecular weight is 756 g/mol. The van der Waals surface area contributed by atoms with Gasteiger partial charge in [-0.3, -0.25) is 28.8 Å². The van der Waals surface area contributed by atoms with Gasteiger partial charge in [0, 0.05) is 53.7 Å². The fraction of sp³-hybridized carbons (Fsp3) is 0.432. The number of allylic oxidation sites excluding steroid dienone is 1. The number of carbonyl (C=O) groups excluding carboxylic acids is 4. The van der Waals surface area contributed by atoms with Gasteiger partial charge >= 0.3 is 0 Å². The lowest BCUT2D eigenvalue weighted by Gasteiger charge is -2.27. The van der Waals surface area contributed by atoms with Gasteiger partial charge in [0.2, 0.25) is 11.8 Å². The van der Waals surface area contributed by atoms with Crippen molar-refractivity contribution in [3.05, 3.63) is 76.3 Å². The standard InChI is InChI=1S/C37H39BrN8O5/c1-21(47)34-25-11-26(24-15-39-22(2)40-16-24)41-17-29(25)45(44-34)18-33(49)46-28-13-37(14-31(37)46)20-42-35(50)36(3,4)9-5-6-10-51-19-23-7-8-32(38)43-27(23)12-30(28)48/h5-8,11,15-17,28,31H,9-10,12-14,18-20H2,1-4H3,(H,42,50)/t28-,31+,37-/m0/s1. The topological polar surface area (TPSA) is 162 Å². The van der Waals surface area contributed by atoms with Gasteiger partial charge in [0.05, 0.1) is 48.8 Å². The number of hydrogen-bond donors (Lipinski definition) is 1. The number of likely N-dealkylation sites (tertiary alicyclic amines) is 1. The minimum atomic E-state index is -0.728. The summed E-state index contributed by atoms with van der Waals surface area (Å²) < 4.78 is 7.98. The van der Waals surface area contributed by atoms with Crippen LogP contribution in [0.3, 0.4) is 0 Å². The number of nitrogens with zero attached hydrogens (tertiary/aromatic N) is 7.